The van der Waals surface area contributed by atoms with Crippen molar-refractivity contribution in [1.82, 2.24) is 4.90 Å². The van der Waals surface area contributed by atoms with Crippen LogP contribution in [-0.4, -0.2) is 29.9 Å². The van der Waals surface area contributed by atoms with E-state index in [0.29, 0.717) is 24.9 Å². The molecule has 2 rings (SSSR count). The first kappa shape index (κ1) is 15.0. The third kappa shape index (κ3) is 3.21. The fraction of sp³-hybridized carbons (Fsp3) is 0.588. The molecule has 0 spiro atoms. The van der Waals surface area contributed by atoms with Crippen molar-refractivity contribution in [2.24, 2.45) is 11.7 Å². The Morgan fingerprint density at radius 1 is 1.35 bits per heavy atom. The zero-order chi connectivity index (χ0) is 14.8. The van der Waals surface area contributed by atoms with E-state index in [1.54, 1.807) is 0 Å². The van der Waals surface area contributed by atoms with E-state index in [-0.39, 0.29) is 11.3 Å². The highest BCUT2D eigenvalue weighted by Crippen LogP contribution is 2.30. The van der Waals surface area contributed by atoms with Gasteiger partial charge in [-0.2, -0.15) is 0 Å². The van der Waals surface area contributed by atoms with Gasteiger partial charge in [-0.15, -0.1) is 0 Å². The fourth-order valence-electron chi connectivity index (χ4n) is 3.13. The maximum atomic E-state index is 12.6. The first-order valence-corrected chi connectivity index (χ1v) is 7.49. The number of hydrogen-bond acceptors (Lipinski definition) is 2. The van der Waals surface area contributed by atoms with Crippen molar-refractivity contribution in [3.8, 4) is 0 Å². The molecule has 1 aliphatic rings. The van der Waals surface area contributed by atoms with Crippen LogP contribution in [-0.2, 0) is 10.2 Å². The normalized spacial score (nSPS) is 23.1. The Morgan fingerprint density at radius 3 is 2.55 bits per heavy atom. The van der Waals surface area contributed by atoms with Gasteiger partial charge in [0.2, 0.25) is 5.91 Å². The molecule has 3 nitrogen and oxygen atoms in total. The molecule has 0 bridgehead atoms. The second-order valence-electron chi connectivity index (χ2n) is 6.66. The van der Waals surface area contributed by atoms with Crippen molar-refractivity contribution in [3.05, 3.63) is 35.9 Å². The Hall–Kier alpha value is -1.35. The maximum absolute atomic E-state index is 12.6. The van der Waals surface area contributed by atoms with Crippen LogP contribution in [0.1, 0.15) is 39.2 Å². The third-order valence-electron chi connectivity index (χ3n) is 4.46. The number of carbonyl (C=O) groups excluding carboxylic acids is 1. The molecule has 1 heterocycles. The molecular formula is C17H26N2O. The molecular weight excluding hydrogens is 248 g/mol. The van der Waals surface area contributed by atoms with E-state index in [1.807, 2.05) is 23.1 Å². The largest absolute Gasteiger partial charge is 0.340 e. The Balaban J connectivity index is 2.04. The average molecular weight is 274 g/mol. The lowest BCUT2D eigenvalue weighted by Crippen LogP contribution is -2.38. The van der Waals surface area contributed by atoms with E-state index in [0.717, 1.165) is 13.0 Å². The van der Waals surface area contributed by atoms with E-state index in [9.17, 15) is 4.79 Å². The molecule has 1 saturated heterocycles. The molecule has 0 saturated carbocycles. The monoisotopic (exact) mass is 274 g/mol. The molecule has 2 atom stereocenters. The van der Waals surface area contributed by atoms with Gasteiger partial charge >= 0.3 is 0 Å². The number of nitrogens with zero attached hydrogens (tertiary/aromatic N) is 1. The SMILES string of the molecule is CC1CC(CN)CN1C(=O)CC(C)(C)c1ccccc1. The first-order chi connectivity index (χ1) is 9.44. The number of nitrogens with two attached hydrogens (primary N) is 1. The van der Waals surface area contributed by atoms with Crippen LogP contribution in [0, 0.1) is 5.92 Å². The van der Waals surface area contributed by atoms with Gasteiger partial charge in [0.15, 0.2) is 0 Å². The standard InChI is InChI=1S/C17H26N2O/c1-13-9-14(11-18)12-19(13)16(20)10-17(2,3)15-7-5-4-6-8-15/h4-8,13-14H,9-12,18H2,1-3H3. The topological polar surface area (TPSA) is 46.3 Å². The van der Waals surface area contributed by atoms with Crippen LogP contribution < -0.4 is 5.73 Å². The number of rotatable bonds is 4. The van der Waals surface area contributed by atoms with Crippen LogP contribution in [0.25, 0.3) is 0 Å². The number of likely N-dealkylation sites (tertiary alicyclic amines) is 1. The molecule has 0 radical (unpaired) electrons. The van der Waals surface area contributed by atoms with Gasteiger partial charge in [0.25, 0.3) is 0 Å². The number of amides is 1. The van der Waals surface area contributed by atoms with Crippen LogP contribution >= 0.6 is 0 Å². The lowest BCUT2D eigenvalue weighted by atomic mass is 9.81. The summed E-state index contributed by atoms with van der Waals surface area (Å²) in [5.41, 5.74) is 6.83. The molecule has 2 N–H and O–H groups in total. The van der Waals surface area contributed by atoms with Gasteiger partial charge in [0.1, 0.15) is 0 Å². The van der Waals surface area contributed by atoms with Crippen molar-refractivity contribution in [3.63, 3.8) is 0 Å². The van der Waals surface area contributed by atoms with Crippen molar-refractivity contribution < 1.29 is 4.79 Å². The molecule has 1 aromatic carbocycles. The minimum Gasteiger partial charge on any atom is -0.340 e. The van der Waals surface area contributed by atoms with E-state index < -0.39 is 0 Å². The van der Waals surface area contributed by atoms with E-state index in [2.05, 4.69) is 32.9 Å². The molecule has 110 valence electrons. The molecule has 1 aromatic rings. The van der Waals surface area contributed by atoms with E-state index in [4.69, 9.17) is 5.73 Å². The molecule has 1 aliphatic heterocycles. The van der Waals surface area contributed by atoms with Crippen LogP contribution in [0.2, 0.25) is 0 Å². The molecule has 2 unspecified atom stereocenters. The van der Waals surface area contributed by atoms with Crippen LogP contribution in [0.4, 0.5) is 0 Å². The quantitative estimate of drug-likeness (QED) is 0.917. The van der Waals surface area contributed by atoms with Crippen LogP contribution in [0.15, 0.2) is 30.3 Å². The van der Waals surface area contributed by atoms with Gasteiger partial charge in [-0.1, -0.05) is 44.2 Å². The number of benzene rings is 1. The van der Waals surface area contributed by atoms with Crippen molar-refractivity contribution >= 4 is 5.91 Å². The third-order valence-corrected chi connectivity index (χ3v) is 4.46. The maximum Gasteiger partial charge on any atom is 0.223 e. The highest BCUT2D eigenvalue weighted by Gasteiger charge is 2.34. The summed E-state index contributed by atoms with van der Waals surface area (Å²) < 4.78 is 0. The van der Waals surface area contributed by atoms with Crippen LogP contribution in [0.3, 0.4) is 0 Å². The summed E-state index contributed by atoms with van der Waals surface area (Å²) in [5, 5.41) is 0. The predicted molar refractivity (Wildman–Crippen MR) is 82.4 cm³/mol. The Labute approximate surface area is 122 Å². The van der Waals surface area contributed by atoms with Crippen molar-refractivity contribution in [1.29, 1.82) is 0 Å². The van der Waals surface area contributed by atoms with Crippen molar-refractivity contribution in [2.75, 3.05) is 13.1 Å². The van der Waals surface area contributed by atoms with Gasteiger partial charge in [0, 0.05) is 19.0 Å². The summed E-state index contributed by atoms with van der Waals surface area (Å²) >= 11 is 0. The van der Waals surface area contributed by atoms with Gasteiger partial charge in [-0.3, -0.25) is 4.79 Å². The summed E-state index contributed by atoms with van der Waals surface area (Å²) in [5.74, 6) is 0.719. The summed E-state index contributed by atoms with van der Waals surface area (Å²) in [6.07, 6.45) is 1.59. The lowest BCUT2D eigenvalue weighted by Gasteiger charge is -2.29. The van der Waals surface area contributed by atoms with Crippen molar-refractivity contribution in [2.45, 2.75) is 45.1 Å². The van der Waals surface area contributed by atoms with E-state index in [1.165, 1.54) is 5.56 Å². The second kappa shape index (κ2) is 5.96. The minimum absolute atomic E-state index is 0.126. The van der Waals surface area contributed by atoms with E-state index >= 15 is 0 Å². The molecule has 1 amide bonds. The Kier molecular flexibility index (Phi) is 4.48. The highest BCUT2D eigenvalue weighted by atomic mass is 16.2. The zero-order valence-corrected chi connectivity index (χ0v) is 12.8. The van der Waals surface area contributed by atoms with Gasteiger partial charge in [0.05, 0.1) is 0 Å². The summed E-state index contributed by atoms with van der Waals surface area (Å²) in [6.45, 7) is 7.91. The Morgan fingerprint density at radius 2 is 2.00 bits per heavy atom. The highest BCUT2D eigenvalue weighted by molar-refractivity contribution is 5.78. The second-order valence-corrected chi connectivity index (χ2v) is 6.66. The smallest absolute Gasteiger partial charge is 0.223 e. The summed E-state index contributed by atoms with van der Waals surface area (Å²) in [4.78, 5) is 14.6. The van der Waals surface area contributed by atoms with Gasteiger partial charge in [-0.05, 0) is 36.8 Å². The summed E-state index contributed by atoms with van der Waals surface area (Å²) in [7, 11) is 0. The molecule has 3 heteroatoms. The number of carbonyl (C=O) groups is 1. The van der Waals surface area contributed by atoms with Crippen LogP contribution in [0.5, 0.6) is 0 Å². The zero-order valence-electron chi connectivity index (χ0n) is 12.8. The lowest BCUT2D eigenvalue weighted by molar-refractivity contribution is -0.133. The molecule has 1 fully saturated rings. The molecule has 0 aliphatic carbocycles. The Bertz CT molecular complexity index is 455. The molecule has 0 aromatic heterocycles. The summed E-state index contributed by atoms with van der Waals surface area (Å²) in [6, 6.07) is 10.6. The minimum atomic E-state index is -0.126. The van der Waals surface area contributed by atoms with Gasteiger partial charge in [-0.25, -0.2) is 0 Å². The number of hydrogen-bond donors (Lipinski definition) is 1. The fourth-order valence-corrected chi connectivity index (χ4v) is 3.13. The first-order valence-electron chi connectivity index (χ1n) is 7.49. The van der Waals surface area contributed by atoms with Gasteiger partial charge < -0.3 is 10.6 Å². The predicted octanol–water partition coefficient (Wildman–Crippen LogP) is 2.55. The molecule has 20 heavy (non-hydrogen) atoms. The average Bonchev–Trinajstić information content (AvgIpc) is 2.81.